The molecule has 0 amide bonds. The van der Waals surface area contributed by atoms with Gasteiger partial charge in [-0.1, -0.05) is 24.3 Å². The van der Waals surface area contributed by atoms with Crippen LogP contribution < -0.4 is 4.74 Å². The number of benzene rings is 2. The molecule has 2 heterocycles. The highest BCUT2D eigenvalue weighted by Gasteiger charge is 2.29. The van der Waals surface area contributed by atoms with Crippen LogP contribution in [0.2, 0.25) is 0 Å². The second-order valence-corrected chi connectivity index (χ2v) is 8.75. The van der Waals surface area contributed by atoms with E-state index >= 15 is 0 Å². The van der Waals surface area contributed by atoms with Crippen LogP contribution in [-0.2, 0) is 32.2 Å². The van der Waals surface area contributed by atoms with Gasteiger partial charge >= 0.3 is 6.18 Å². The van der Waals surface area contributed by atoms with Crippen molar-refractivity contribution in [2.45, 2.75) is 44.7 Å². The maximum Gasteiger partial charge on any atom is 0.416 e. The topological polar surface area (TPSA) is 93.5 Å². The zero-order chi connectivity index (χ0) is 27.0. The van der Waals surface area contributed by atoms with Gasteiger partial charge in [0.05, 0.1) is 18.3 Å². The first-order valence-electron chi connectivity index (χ1n) is 12.1. The number of aliphatic hydroxyl groups is 2. The van der Waals surface area contributed by atoms with E-state index in [2.05, 4.69) is 9.97 Å². The van der Waals surface area contributed by atoms with E-state index in [0.717, 1.165) is 42.9 Å². The number of ether oxygens (including phenoxy) is 1. The van der Waals surface area contributed by atoms with Gasteiger partial charge in [0.25, 0.3) is 0 Å². The van der Waals surface area contributed by atoms with Crippen molar-refractivity contribution >= 4 is 12.2 Å². The van der Waals surface area contributed by atoms with Crippen molar-refractivity contribution in [3.8, 4) is 5.75 Å². The largest absolute Gasteiger partial charge is 0.487 e. The van der Waals surface area contributed by atoms with Crippen LogP contribution in [0.15, 0.2) is 71.6 Å². The van der Waals surface area contributed by atoms with Crippen LogP contribution in [0, 0.1) is 0 Å². The zero-order valence-electron chi connectivity index (χ0n) is 20.5. The van der Waals surface area contributed by atoms with Crippen LogP contribution in [0.1, 0.15) is 40.5 Å². The highest BCUT2D eigenvalue weighted by molar-refractivity contribution is 5.66. The minimum atomic E-state index is -4.37. The van der Waals surface area contributed by atoms with Crippen LogP contribution in [0.5, 0.6) is 5.75 Å². The number of nitrogens with zero attached hydrogens (tertiary/aromatic N) is 3. The van der Waals surface area contributed by atoms with Crippen LogP contribution >= 0.6 is 0 Å². The molecule has 38 heavy (non-hydrogen) atoms. The minimum absolute atomic E-state index is 0.201. The minimum Gasteiger partial charge on any atom is -0.487 e. The fourth-order valence-corrected chi connectivity index (χ4v) is 3.83. The summed E-state index contributed by atoms with van der Waals surface area (Å²) < 4.78 is 51.3. The molecular weight excluding hydrogens is 499 g/mol. The number of rotatable bonds is 12. The highest BCUT2D eigenvalue weighted by atomic mass is 19.4. The number of aliphatic hydroxyl groups excluding tert-OH is 2. The van der Waals surface area contributed by atoms with Crippen molar-refractivity contribution in [3.05, 3.63) is 101 Å². The molecule has 0 fully saturated rings. The summed E-state index contributed by atoms with van der Waals surface area (Å²) in [5.41, 5.74) is 1.59. The van der Waals surface area contributed by atoms with Crippen molar-refractivity contribution in [2.75, 3.05) is 6.61 Å². The van der Waals surface area contributed by atoms with Crippen molar-refractivity contribution in [1.29, 1.82) is 0 Å². The molecule has 10 heteroatoms. The molecule has 0 saturated heterocycles. The van der Waals surface area contributed by atoms with Crippen LogP contribution in [-0.4, -0.2) is 37.5 Å². The lowest BCUT2D eigenvalue weighted by Crippen LogP contribution is -2.18. The Labute approximate surface area is 217 Å². The van der Waals surface area contributed by atoms with Gasteiger partial charge < -0.3 is 23.9 Å². The summed E-state index contributed by atoms with van der Waals surface area (Å²) in [5.74, 6) is 1.76. The third kappa shape index (κ3) is 7.80. The van der Waals surface area contributed by atoms with Gasteiger partial charge in [0.15, 0.2) is 0 Å². The predicted molar refractivity (Wildman–Crippen MR) is 135 cm³/mol. The van der Waals surface area contributed by atoms with Gasteiger partial charge in [0.2, 0.25) is 5.89 Å². The van der Waals surface area contributed by atoms with E-state index in [1.807, 2.05) is 35.0 Å². The molecule has 1 unspecified atom stereocenters. The lowest BCUT2D eigenvalue weighted by atomic mass is 10.1. The maximum absolute atomic E-state index is 12.7. The number of imidazole rings is 1. The smallest absolute Gasteiger partial charge is 0.416 e. The Morgan fingerprint density at radius 2 is 1.92 bits per heavy atom. The molecule has 0 radical (unpaired) electrons. The number of aryl methyl sites for hydroxylation is 2. The number of halogens is 3. The molecule has 0 saturated carbocycles. The summed E-state index contributed by atoms with van der Waals surface area (Å²) >= 11 is 0. The molecule has 4 rings (SSSR count). The first kappa shape index (κ1) is 27.2. The molecule has 2 aromatic heterocycles. The molecule has 4 aromatic rings. The molecule has 0 aliphatic carbocycles. The Bertz CT molecular complexity index is 1330. The molecule has 0 bridgehead atoms. The first-order valence-corrected chi connectivity index (χ1v) is 12.1. The molecule has 200 valence electrons. The van der Waals surface area contributed by atoms with Gasteiger partial charge in [-0.2, -0.15) is 13.2 Å². The summed E-state index contributed by atoms with van der Waals surface area (Å²) in [6, 6.07) is 12.6. The van der Waals surface area contributed by atoms with E-state index in [1.165, 1.54) is 18.4 Å². The number of alkyl halides is 3. The van der Waals surface area contributed by atoms with Crippen molar-refractivity contribution in [2.24, 2.45) is 0 Å². The molecule has 0 aliphatic heterocycles. The summed E-state index contributed by atoms with van der Waals surface area (Å²) in [5, 5.41) is 18.7. The third-order valence-corrected chi connectivity index (χ3v) is 5.81. The summed E-state index contributed by atoms with van der Waals surface area (Å²) in [6.07, 6.45) is 5.05. The van der Waals surface area contributed by atoms with E-state index < -0.39 is 17.8 Å². The van der Waals surface area contributed by atoms with Crippen LogP contribution in [0.25, 0.3) is 12.2 Å². The Morgan fingerprint density at radius 1 is 1.11 bits per heavy atom. The van der Waals surface area contributed by atoms with Crippen molar-refractivity contribution in [3.63, 3.8) is 0 Å². The normalized spacial score (nSPS) is 12.8. The number of hydrogen-bond acceptors (Lipinski definition) is 6. The zero-order valence-corrected chi connectivity index (χ0v) is 20.5. The molecule has 1 atom stereocenters. The summed E-state index contributed by atoms with van der Waals surface area (Å²) in [4.78, 5) is 8.59. The maximum atomic E-state index is 12.7. The number of oxazole rings is 1. The summed E-state index contributed by atoms with van der Waals surface area (Å²) in [6.45, 7) is 0.641. The summed E-state index contributed by atoms with van der Waals surface area (Å²) in [7, 11) is 0. The fourth-order valence-electron chi connectivity index (χ4n) is 3.83. The second-order valence-electron chi connectivity index (χ2n) is 8.75. The quantitative estimate of drug-likeness (QED) is 0.264. The van der Waals surface area contributed by atoms with Crippen LogP contribution in [0.4, 0.5) is 13.2 Å². The van der Waals surface area contributed by atoms with Gasteiger partial charge in [-0.3, -0.25) is 0 Å². The van der Waals surface area contributed by atoms with Gasteiger partial charge in [0, 0.05) is 31.4 Å². The van der Waals surface area contributed by atoms with Gasteiger partial charge in [0.1, 0.15) is 30.1 Å². The Kier molecular flexibility index (Phi) is 8.98. The molecule has 0 spiro atoms. The lowest BCUT2D eigenvalue weighted by Gasteiger charge is -2.11. The second kappa shape index (κ2) is 12.6. The van der Waals surface area contributed by atoms with E-state index in [4.69, 9.17) is 14.3 Å². The van der Waals surface area contributed by atoms with E-state index in [9.17, 15) is 18.3 Å². The molecule has 0 aliphatic rings. The molecule has 7 nitrogen and oxygen atoms in total. The Hall–Kier alpha value is -3.89. The Morgan fingerprint density at radius 3 is 2.68 bits per heavy atom. The highest BCUT2D eigenvalue weighted by Crippen LogP contribution is 2.29. The SMILES string of the molecule is OCC(O)Cc1nccn1CCCc1cccc(OCc2coc(C=Cc3ccc(C(F)(F)F)cc3)n2)c1. The van der Waals surface area contributed by atoms with E-state index in [0.29, 0.717) is 29.3 Å². The van der Waals surface area contributed by atoms with Crippen molar-refractivity contribution < 1.29 is 32.5 Å². The van der Waals surface area contributed by atoms with Gasteiger partial charge in [-0.05, 0) is 54.3 Å². The third-order valence-electron chi connectivity index (χ3n) is 5.81. The average molecular weight is 528 g/mol. The standard InChI is InChI=1S/C28H28F3N3O4/c29-28(30,31)22-9-6-20(7-10-22)8-11-27-33-23(19-38-27)18-37-25-5-1-3-21(15-25)4-2-13-34-14-12-32-26(34)16-24(36)17-35/h1,3,5-12,14-15,19,24,35-36H,2,4,13,16-18H2. The monoisotopic (exact) mass is 527 g/mol. The average Bonchev–Trinajstić information content (AvgIpc) is 3.55. The predicted octanol–water partition coefficient (Wildman–Crippen LogP) is 5.17. The van der Waals surface area contributed by atoms with E-state index in [1.54, 1.807) is 18.3 Å². The number of aromatic nitrogens is 3. The Balaban J connectivity index is 1.25. The molecule has 2 aromatic carbocycles. The molecule has 2 N–H and O–H groups in total. The van der Waals surface area contributed by atoms with Crippen LogP contribution in [0.3, 0.4) is 0 Å². The number of hydrogen-bond donors (Lipinski definition) is 2. The fraction of sp³-hybridized carbons (Fsp3) is 0.286. The van der Waals surface area contributed by atoms with Gasteiger partial charge in [-0.15, -0.1) is 0 Å². The molecular formula is C28H28F3N3O4. The van der Waals surface area contributed by atoms with E-state index in [-0.39, 0.29) is 13.2 Å². The van der Waals surface area contributed by atoms with Gasteiger partial charge in [-0.25, -0.2) is 9.97 Å². The van der Waals surface area contributed by atoms with Crippen molar-refractivity contribution in [1.82, 2.24) is 14.5 Å². The first-order chi connectivity index (χ1) is 18.3. The lowest BCUT2D eigenvalue weighted by molar-refractivity contribution is -0.137.